The maximum Gasteiger partial charge on any atom is 0.413 e. The number of benzene rings is 1. The van der Waals surface area contributed by atoms with Crippen LogP contribution in [0.4, 0.5) is 10.7 Å². The summed E-state index contributed by atoms with van der Waals surface area (Å²) in [5.41, 5.74) is 4.70. The summed E-state index contributed by atoms with van der Waals surface area (Å²) in [7, 11) is -3.16. The zero-order valence-electron chi connectivity index (χ0n) is 21.1. The quantitative estimate of drug-likeness (QED) is 0.352. The van der Waals surface area contributed by atoms with Crippen LogP contribution in [0.15, 0.2) is 48.9 Å². The topological polar surface area (TPSA) is 146 Å². The lowest BCUT2D eigenvalue weighted by Gasteiger charge is -2.32. The third-order valence-corrected chi connectivity index (χ3v) is 7.54. The molecule has 0 saturated carbocycles. The molecule has 206 valence electrons. The molecule has 13 heteroatoms. The highest BCUT2D eigenvalue weighted by Gasteiger charge is 2.23. The normalized spacial score (nSPS) is 14.6. The molecule has 1 saturated heterocycles. The molecule has 0 bridgehead atoms. The van der Waals surface area contributed by atoms with Gasteiger partial charge in [0.2, 0.25) is 16.0 Å². The molecule has 1 fully saturated rings. The van der Waals surface area contributed by atoms with Crippen molar-refractivity contribution >= 4 is 33.1 Å². The number of amides is 1. The Morgan fingerprint density at radius 1 is 1.08 bits per heavy atom. The van der Waals surface area contributed by atoms with Gasteiger partial charge in [0, 0.05) is 62.4 Å². The van der Waals surface area contributed by atoms with Gasteiger partial charge >= 0.3 is 6.09 Å². The summed E-state index contributed by atoms with van der Waals surface area (Å²) in [5.74, 6) is 0.767. The van der Waals surface area contributed by atoms with E-state index >= 15 is 0 Å². The number of carbonyl (C=O) groups excluding carboxylic acids is 1. The van der Waals surface area contributed by atoms with Gasteiger partial charge in [0.25, 0.3) is 0 Å². The zero-order chi connectivity index (χ0) is 26.7. The van der Waals surface area contributed by atoms with E-state index in [1.165, 1.54) is 10.6 Å². The molecule has 1 aliphatic rings. The average Bonchev–Trinajstić information content (AvgIpc) is 3.31. The van der Waals surface area contributed by atoms with Crippen molar-refractivity contribution in [2.75, 3.05) is 44.4 Å². The Bertz CT molecular complexity index is 1530. The highest BCUT2D eigenvalue weighted by atomic mass is 32.2. The number of aromatic amines is 1. The van der Waals surface area contributed by atoms with Gasteiger partial charge in [0.1, 0.15) is 5.52 Å². The maximum atomic E-state index is 11.9. The number of aromatic nitrogens is 5. The molecule has 0 unspecified atom stereocenters. The summed E-state index contributed by atoms with van der Waals surface area (Å²) >= 11 is 0. The van der Waals surface area contributed by atoms with E-state index < -0.39 is 16.1 Å². The second kappa shape index (κ2) is 11.8. The number of nitrogens with one attached hydrogen (secondary N) is 2. The minimum absolute atomic E-state index is 0. The molecular weight excluding hydrogens is 520 g/mol. The van der Waals surface area contributed by atoms with Crippen LogP contribution in [0.1, 0.15) is 20.0 Å². The van der Waals surface area contributed by atoms with Gasteiger partial charge < -0.3 is 9.72 Å². The largest absolute Gasteiger partial charge is 0.450 e. The van der Waals surface area contributed by atoms with E-state index in [0.29, 0.717) is 55.1 Å². The molecule has 1 aromatic carbocycles. The zero-order valence-corrected chi connectivity index (χ0v) is 21.9. The molecule has 0 radical (unpaired) electrons. The number of nitrogens with zero attached hydrogens (tertiary/aromatic N) is 6. The van der Waals surface area contributed by atoms with E-state index in [2.05, 4.69) is 35.1 Å². The van der Waals surface area contributed by atoms with Gasteiger partial charge in [-0.25, -0.2) is 28.2 Å². The molecule has 3 aromatic heterocycles. The summed E-state index contributed by atoms with van der Waals surface area (Å²) in [6.45, 7) is 4.92. The molecule has 1 amide bonds. The molecule has 0 spiro atoms. The molecular formula is C26H32N8O4S. The van der Waals surface area contributed by atoms with E-state index in [0.717, 1.165) is 16.8 Å². The third kappa shape index (κ3) is 6.56. The highest BCUT2D eigenvalue weighted by molar-refractivity contribution is 7.88. The third-order valence-electron chi connectivity index (χ3n) is 6.23. The molecule has 0 atom stereocenters. The van der Waals surface area contributed by atoms with Crippen LogP contribution in [0.3, 0.4) is 0 Å². The molecule has 2 N–H and O–H groups in total. The summed E-state index contributed by atoms with van der Waals surface area (Å²) in [6, 6.07) is 9.61. The second-order valence-corrected chi connectivity index (χ2v) is 10.9. The molecule has 1 aliphatic heterocycles. The Morgan fingerprint density at radius 2 is 1.82 bits per heavy atom. The monoisotopic (exact) mass is 552 g/mol. The Hall–Kier alpha value is -3.94. The van der Waals surface area contributed by atoms with Crippen molar-refractivity contribution in [2.24, 2.45) is 0 Å². The van der Waals surface area contributed by atoms with Gasteiger partial charge in [-0.3, -0.25) is 15.2 Å². The van der Waals surface area contributed by atoms with Gasteiger partial charge in [-0.1, -0.05) is 13.5 Å². The van der Waals surface area contributed by atoms with Crippen LogP contribution < -0.4 is 5.32 Å². The first kappa shape index (κ1) is 28.1. The number of hydrogen-bond donors (Lipinski definition) is 2. The Labute approximate surface area is 227 Å². The van der Waals surface area contributed by atoms with E-state index in [9.17, 15) is 13.2 Å². The number of H-pyrrole nitrogens is 1. The van der Waals surface area contributed by atoms with Crippen molar-refractivity contribution in [3.05, 3.63) is 54.6 Å². The van der Waals surface area contributed by atoms with Gasteiger partial charge in [0.05, 0.1) is 24.1 Å². The number of pyridine rings is 1. The first-order valence-electron chi connectivity index (χ1n) is 12.2. The number of hydrogen-bond acceptors (Lipinski definition) is 9. The van der Waals surface area contributed by atoms with Crippen molar-refractivity contribution in [2.45, 2.75) is 20.9 Å². The molecule has 12 nitrogen and oxygen atoms in total. The fourth-order valence-corrected chi connectivity index (χ4v) is 5.18. The predicted molar refractivity (Wildman–Crippen MR) is 149 cm³/mol. The second-order valence-electron chi connectivity index (χ2n) is 8.90. The van der Waals surface area contributed by atoms with Crippen LogP contribution in [0.5, 0.6) is 0 Å². The lowest BCUT2D eigenvalue weighted by atomic mass is 10.0. The van der Waals surface area contributed by atoms with E-state index in [1.807, 2.05) is 30.5 Å². The van der Waals surface area contributed by atoms with Crippen LogP contribution in [-0.4, -0.2) is 87.7 Å². The van der Waals surface area contributed by atoms with Gasteiger partial charge in [-0.15, -0.1) is 0 Å². The lowest BCUT2D eigenvalue weighted by molar-refractivity contribution is 0.167. The van der Waals surface area contributed by atoms with Crippen LogP contribution in [-0.2, 0) is 21.3 Å². The number of fused-ring (bicyclic) bond motifs is 1. The fourth-order valence-electron chi connectivity index (χ4n) is 4.35. The Kier molecular flexibility index (Phi) is 8.53. The SMILES string of the molecule is C.CCOC(=O)Nc1nc2c(-c3ncccn3)cc(-c3ccc(CN4CCN(S(C)(=O)=O)CC4)nc3)cc2[nH]1. The molecule has 4 heterocycles. The number of rotatable bonds is 7. The summed E-state index contributed by atoms with van der Waals surface area (Å²) < 4.78 is 30.0. The van der Waals surface area contributed by atoms with Crippen molar-refractivity contribution in [3.63, 3.8) is 0 Å². The molecule has 0 aliphatic carbocycles. The summed E-state index contributed by atoms with van der Waals surface area (Å²) in [5, 5.41) is 2.61. The molecule has 5 rings (SSSR count). The molecule has 39 heavy (non-hydrogen) atoms. The smallest absolute Gasteiger partial charge is 0.413 e. The number of imidazole rings is 1. The molecule has 4 aromatic rings. The van der Waals surface area contributed by atoms with Crippen molar-refractivity contribution < 1.29 is 17.9 Å². The van der Waals surface area contributed by atoms with Crippen LogP contribution in [0.25, 0.3) is 33.5 Å². The van der Waals surface area contributed by atoms with Crippen LogP contribution in [0.2, 0.25) is 0 Å². The Balaban J connectivity index is 0.00000353. The van der Waals surface area contributed by atoms with E-state index in [-0.39, 0.29) is 20.0 Å². The van der Waals surface area contributed by atoms with Crippen LogP contribution >= 0.6 is 0 Å². The first-order chi connectivity index (χ1) is 18.3. The standard InChI is InChI=1S/C25H28N8O4S.CH4/c1-3-37-25(34)31-24-29-21-14-18(13-20(22(21)30-24)23-26-7-4-8-27-23)17-5-6-19(28-15-17)16-32-9-11-33(12-10-32)38(2,35)36;/h4-8,13-15H,3,9-12,16H2,1-2H3,(H2,29,30,31,34);1H4. The first-order valence-corrected chi connectivity index (χ1v) is 14.0. The van der Waals surface area contributed by atoms with Crippen molar-refractivity contribution in [1.82, 2.24) is 34.1 Å². The summed E-state index contributed by atoms with van der Waals surface area (Å²) in [6.07, 6.45) is 5.79. The van der Waals surface area contributed by atoms with E-state index in [4.69, 9.17) is 4.74 Å². The van der Waals surface area contributed by atoms with E-state index in [1.54, 1.807) is 25.4 Å². The van der Waals surface area contributed by atoms with Crippen molar-refractivity contribution in [1.29, 1.82) is 0 Å². The predicted octanol–water partition coefficient (Wildman–Crippen LogP) is 3.36. The fraction of sp³-hybridized carbons (Fsp3) is 0.346. The highest BCUT2D eigenvalue weighted by Crippen LogP contribution is 2.32. The number of piperazine rings is 1. The van der Waals surface area contributed by atoms with Gasteiger partial charge in [-0.05, 0) is 36.8 Å². The minimum atomic E-state index is -3.16. The van der Waals surface area contributed by atoms with Gasteiger partial charge in [0.15, 0.2) is 5.82 Å². The lowest BCUT2D eigenvalue weighted by Crippen LogP contribution is -2.47. The maximum absolute atomic E-state index is 11.9. The number of ether oxygens (including phenoxy) is 1. The number of sulfonamides is 1. The summed E-state index contributed by atoms with van der Waals surface area (Å²) in [4.78, 5) is 35.2. The van der Waals surface area contributed by atoms with Crippen molar-refractivity contribution in [3.8, 4) is 22.5 Å². The van der Waals surface area contributed by atoms with Gasteiger partial charge in [-0.2, -0.15) is 4.31 Å². The minimum Gasteiger partial charge on any atom is -0.450 e. The average molecular weight is 553 g/mol. The van der Waals surface area contributed by atoms with Crippen LogP contribution in [0, 0.1) is 0 Å². The Morgan fingerprint density at radius 3 is 2.46 bits per heavy atom. The number of carbonyl (C=O) groups is 1. The number of anilines is 1.